The summed E-state index contributed by atoms with van der Waals surface area (Å²) < 4.78 is 16.8. The van der Waals surface area contributed by atoms with Gasteiger partial charge in [0.25, 0.3) is 0 Å². The van der Waals surface area contributed by atoms with E-state index in [9.17, 15) is 19.1 Å². The molecule has 1 saturated heterocycles. The van der Waals surface area contributed by atoms with Crippen molar-refractivity contribution < 1.29 is 14.3 Å². The lowest BCUT2D eigenvalue weighted by molar-refractivity contribution is 0.0695. The van der Waals surface area contributed by atoms with Crippen molar-refractivity contribution in [1.29, 1.82) is 0 Å². The molecule has 0 bridgehead atoms. The lowest BCUT2D eigenvalue weighted by Crippen LogP contribution is -2.33. The molecule has 1 aliphatic heterocycles. The van der Waals surface area contributed by atoms with Gasteiger partial charge in [0.15, 0.2) is 0 Å². The number of carbonyl (C=O) groups is 1. The van der Waals surface area contributed by atoms with Gasteiger partial charge in [-0.1, -0.05) is 11.6 Å². The molecule has 28 heavy (non-hydrogen) atoms. The van der Waals surface area contributed by atoms with Crippen LogP contribution in [-0.2, 0) is 0 Å². The fraction of sp³-hybridized carbons (Fsp3) is 0.400. The van der Waals surface area contributed by atoms with Crippen LogP contribution in [0.15, 0.2) is 33.7 Å². The summed E-state index contributed by atoms with van der Waals surface area (Å²) in [6, 6.07) is 2.97. The first-order chi connectivity index (χ1) is 13.4. The number of rotatable bonds is 4. The first-order valence-corrected chi connectivity index (χ1v) is 9.71. The van der Waals surface area contributed by atoms with E-state index in [1.165, 1.54) is 12.3 Å². The Kier molecular flexibility index (Phi) is 4.89. The van der Waals surface area contributed by atoms with Crippen LogP contribution in [-0.4, -0.2) is 35.3 Å². The van der Waals surface area contributed by atoms with Gasteiger partial charge in [0.1, 0.15) is 11.4 Å². The number of pyridine rings is 1. The third-order valence-corrected chi connectivity index (χ3v) is 5.88. The molecule has 1 saturated carbocycles. The highest BCUT2D eigenvalue weighted by Gasteiger charge is 2.28. The molecule has 8 heteroatoms. The van der Waals surface area contributed by atoms with Gasteiger partial charge in [0.05, 0.1) is 11.2 Å². The van der Waals surface area contributed by atoms with Gasteiger partial charge in [-0.15, -0.1) is 0 Å². The van der Waals surface area contributed by atoms with Gasteiger partial charge in [-0.05, 0) is 43.4 Å². The zero-order valence-corrected chi connectivity index (χ0v) is 16.0. The van der Waals surface area contributed by atoms with Crippen LogP contribution in [0.4, 0.5) is 10.1 Å². The number of anilines is 1. The summed E-state index contributed by atoms with van der Waals surface area (Å²) in [5.74, 6) is -1.84. The molecule has 0 unspecified atom stereocenters. The maximum atomic E-state index is 15.0. The number of benzene rings is 1. The van der Waals surface area contributed by atoms with Gasteiger partial charge in [0.2, 0.25) is 5.43 Å². The number of carboxylic acid groups (broad SMARTS) is 1. The summed E-state index contributed by atoms with van der Waals surface area (Å²) >= 11 is 6.21. The van der Waals surface area contributed by atoms with E-state index in [2.05, 4.69) is 0 Å². The Balaban J connectivity index is 1.86. The Morgan fingerprint density at radius 2 is 2.11 bits per heavy atom. The molecule has 2 aliphatic rings. The highest BCUT2D eigenvalue weighted by Crippen LogP contribution is 2.38. The average molecular weight is 406 g/mol. The SMILES string of the molecule is NC/C(Cl)=C1/CCCN(c2cc3c(cc2F)c(=O)c(C(=O)O)cn3C2CC2)C1. The van der Waals surface area contributed by atoms with Crippen LogP contribution in [0.2, 0.25) is 0 Å². The van der Waals surface area contributed by atoms with Crippen molar-refractivity contribution in [2.75, 3.05) is 24.5 Å². The molecule has 2 heterocycles. The molecule has 1 aliphatic carbocycles. The van der Waals surface area contributed by atoms with E-state index in [-0.39, 0.29) is 23.5 Å². The molecule has 2 fully saturated rings. The minimum absolute atomic E-state index is 0.0980. The summed E-state index contributed by atoms with van der Waals surface area (Å²) in [5.41, 5.74) is 6.60. The van der Waals surface area contributed by atoms with E-state index in [1.807, 2.05) is 4.90 Å². The summed E-state index contributed by atoms with van der Waals surface area (Å²) in [4.78, 5) is 25.9. The molecule has 1 aromatic carbocycles. The monoisotopic (exact) mass is 405 g/mol. The number of aromatic carboxylic acids is 1. The predicted octanol–water partition coefficient (Wildman–Crippen LogP) is 3.23. The summed E-state index contributed by atoms with van der Waals surface area (Å²) in [6.45, 7) is 1.41. The lowest BCUT2D eigenvalue weighted by Gasteiger charge is -2.32. The Hall–Kier alpha value is -2.38. The molecule has 0 spiro atoms. The topological polar surface area (TPSA) is 88.6 Å². The fourth-order valence-electron chi connectivity index (χ4n) is 3.85. The third-order valence-electron chi connectivity index (χ3n) is 5.46. The summed E-state index contributed by atoms with van der Waals surface area (Å²) in [6.07, 6.45) is 4.87. The second-order valence-electron chi connectivity index (χ2n) is 7.37. The highest BCUT2D eigenvalue weighted by atomic mass is 35.5. The number of fused-ring (bicyclic) bond motifs is 1. The Labute approximate surface area is 166 Å². The number of piperidine rings is 1. The average Bonchev–Trinajstić information content (AvgIpc) is 3.52. The zero-order valence-electron chi connectivity index (χ0n) is 15.3. The van der Waals surface area contributed by atoms with Crippen molar-refractivity contribution in [1.82, 2.24) is 4.57 Å². The van der Waals surface area contributed by atoms with Crippen LogP contribution in [0.25, 0.3) is 10.9 Å². The van der Waals surface area contributed by atoms with Crippen LogP contribution >= 0.6 is 11.6 Å². The molecule has 0 amide bonds. The van der Waals surface area contributed by atoms with Gasteiger partial charge in [-0.25, -0.2) is 9.18 Å². The number of nitrogens with two attached hydrogens (primary N) is 1. The van der Waals surface area contributed by atoms with Gasteiger partial charge >= 0.3 is 5.97 Å². The second-order valence-corrected chi connectivity index (χ2v) is 7.83. The maximum Gasteiger partial charge on any atom is 0.341 e. The van der Waals surface area contributed by atoms with Crippen LogP contribution < -0.4 is 16.1 Å². The number of carboxylic acids is 1. The first-order valence-electron chi connectivity index (χ1n) is 9.33. The molecular formula is C20H21ClFN3O3. The predicted molar refractivity (Wildman–Crippen MR) is 107 cm³/mol. The normalized spacial score (nSPS) is 19.2. The molecule has 3 N–H and O–H groups in total. The quantitative estimate of drug-likeness (QED) is 0.815. The van der Waals surface area contributed by atoms with E-state index in [1.54, 1.807) is 10.6 Å². The van der Waals surface area contributed by atoms with Crippen molar-refractivity contribution in [3.8, 4) is 0 Å². The molecule has 4 rings (SSSR count). The van der Waals surface area contributed by atoms with Crippen molar-refractivity contribution >= 4 is 34.2 Å². The molecule has 6 nitrogen and oxygen atoms in total. The van der Waals surface area contributed by atoms with Crippen molar-refractivity contribution in [2.45, 2.75) is 31.7 Å². The molecule has 0 atom stereocenters. The van der Waals surface area contributed by atoms with E-state index >= 15 is 0 Å². The van der Waals surface area contributed by atoms with Crippen LogP contribution in [0.3, 0.4) is 0 Å². The van der Waals surface area contributed by atoms with Gasteiger partial charge in [0, 0.05) is 42.3 Å². The Morgan fingerprint density at radius 1 is 1.36 bits per heavy atom. The maximum absolute atomic E-state index is 15.0. The van der Waals surface area contributed by atoms with E-state index in [0.29, 0.717) is 29.3 Å². The van der Waals surface area contributed by atoms with E-state index in [4.69, 9.17) is 17.3 Å². The lowest BCUT2D eigenvalue weighted by atomic mass is 10.0. The van der Waals surface area contributed by atoms with Crippen LogP contribution in [0.1, 0.15) is 42.1 Å². The minimum Gasteiger partial charge on any atom is -0.477 e. The van der Waals surface area contributed by atoms with Crippen molar-refractivity contribution in [3.05, 3.63) is 50.5 Å². The fourth-order valence-corrected chi connectivity index (χ4v) is 4.01. The van der Waals surface area contributed by atoms with Crippen molar-refractivity contribution in [2.24, 2.45) is 5.73 Å². The second kappa shape index (κ2) is 7.22. The minimum atomic E-state index is -1.30. The van der Waals surface area contributed by atoms with Crippen LogP contribution in [0, 0.1) is 5.82 Å². The van der Waals surface area contributed by atoms with E-state index in [0.717, 1.165) is 31.3 Å². The number of aromatic nitrogens is 1. The summed E-state index contributed by atoms with van der Waals surface area (Å²) in [7, 11) is 0. The molecule has 148 valence electrons. The molecule has 2 aromatic rings. The number of nitrogens with zero attached hydrogens (tertiary/aromatic N) is 2. The number of halogens is 2. The standard InChI is InChI=1S/C20H21ClFN3O3/c21-15(8-23)11-2-1-5-24(9-11)18-7-17-13(6-16(18)22)19(26)14(20(27)28)10-25(17)12-3-4-12/h6-7,10,12H,1-5,8-9,23H2,(H,27,28)/b15-11+. The molecule has 0 radical (unpaired) electrons. The smallest absolute Gasteiger partial charge is 0.341 e. The number of hydrogen-bond acceptors (Lipinski definition) is 4. The molecule has 1 aromatic heterocycles. The van der Waals surface area contributed by atoms with Crippen molar-refractivity contribution in [3.63, 3.8) is 0 Å². The third kappa shape index (κ3) is 3.29. The van der Waals surface area contributed by atoms with E-state index < -0.39 is 17.2 Å². The van der Waals surface area contributed by atoms with Crippen LogP contribution in [0.5, 0.6) is 0 Å². The zero-order chi connectivity index (χ0) is 20.0. The Morgan fingerprint density at radius 3 is 2.75 bits per heavy atom. The van der Waals surface area contributed by atoms with Gasteiger partial charge < -0.3 is 20.3 Å². The first kappa shape index (κ1) is 19.0. The Bertz CT molecular complexity index is 1060. The largest absolute Gasteiger partial charge is 0.477 e. The van der Waals surface area contributed by atoms with Gasteiger partial charge in [-0.3, -0.25) is 4.79 Å². The number of hydrogen-bond donors (Lipinski definition) is 2. The highest BCUT2D eigenvalue weighted by molar-refractivity contribution is 6.30. The van der Waals surface area contributed by atoms with Gasteiger partial charge in [-0.2, -0.15) is 0 Å². The summed E-state index contributed by atoms with van der Waals surface area (Å²) in [5, 5.41) is 10.0. The molecular weight excluding hydrogens is 385 g/mol.